The molecule has 0 saturated heterocycles. The van der Waals surface area contributed by atoms with Crippen LogP contribution in [0.25, 0.3) is 0 Å². The Kier molecular flexibility index (Phi) is 5.12. The van der Waals surface area contributed by atoms with Gasteiger partial charge >= 0.3 is 0 Å². The van der Waals surface area contributed by atoms with Gasteiger partial charge in [-0.25, -0.2) is 8.42 Å². The van der Waals surface area contributed by atoms with Crippen LogP contribution in [0.1, 0.15) is 6.92 Å². The number of methoxy groups -OCH3 is 1. The van der Waals surface area contributed by atoms with Crippen molar-refractivity contribution >= 4 is 38.9 Å². The smallest absolute Gasteiger partial charge is 0.262 e. The topological polar surface area (TPSA) is 84.5 Å². The zero-order chi connectivity index (χ0) is 17.0. The molecule has 0 radical (unpaired) electrons. The third kappa shape index (κ3) is 4.37. The summed E-state index contributed by atoms with van der Waals surface area (Å²) in [5, 5.41) is 2.93. The number of amides is 1. The Morgan fingerprint density at radius 2 is 1.70 bits per heavy atom. The van der Waals surface area contributed by atoms with Crippen LogP contribution in [0.4, 0.5) is 11.4 Å². The van der Waals surface area contributed by atoms with E-state index >= 15 is 0 Å². The second-order valence-electron chi connectivity index (χ2n) is 4.66. The van der Waals surface area contributed by atoms with Crippen molar-refractivity contribution in [1.29, 1.82) is 0 Å². The Balaban J connectivity index is 2.22. The maximum Gasteiger partial charge on any atom is 0.262 e. The van der Waals surface area contributed by atoms with E-state index in [-0.39, 0.29) is 16.6 Å². The lowest BCUT2D eigenvalue weighted by molar-refractivity contribution is -0.114. The second-order valence-corrected chi connectivity index (χ2v) is 6.75. The van der Waals surface area contributed by atoms with Crippen molar-refractivity contribution < 1.29 is 17.9 Å². The van der Waals surface area contributed by atoms with Crippen molar-refractivity contribution in [2.75, 3.05) is 17.1 Å². The zero-order valence-corrected chi connectivity index (χ0v) is 14.0. The van der Waals surface area contributed by atoms with Gasteiger partial charge in [0, 0.05) is 24.4 Å². The summed E-state index contributed by atoms with van der Waals surface area (Å²) in [6, 6.07) is 10.5. The minimum atomic E-state index is -3.77. The van der Waals surface area contributed by atoms with Gasteiger partial charge in [-0.1, -0.05) is 11.6 Å². The zero-order valence-electron chi connectivity index (χ0n) is 12.5. The minimum Gasteiger partial charge on any atom is -0.495 e. The monoisotopic (exact) mass is 354 g/mol. The minimum absolute atomic E-state index is 0.0321. The lowest BCUT2D eigenvalue weighted by Crippen LogP contribution is -2.13. The fraction of sp³-hybridized carbons (Fsp3) is 0.133. The molecule has 0 heterocycles. The summed E-state index contributed by atoms with van der Waals surface area (Å²) >= 11 is 5.89. The lowest BCUT2D eigenvalue weighted by atomic mass is 10.3. The molecule has 0 unspecified atom stereocenters. The van der Waals surface area contributed by atoms with Gasteiger partial charge in [-0.3, -0.25) is 9.52 Å². The second kappa shape index (κ2) is 6.89. The molecule has 0 spiro atoms. The van der Waals surface area contributed by atoms with Crippen molar-refractivity contribution in [3.05, 3.63) is 47.5 Å². The number of hydrogen-bond donors (Lipinski definition) is 2. The van der Waals surface area contributed by atoms with Gasteiger partial charge in [0.25, 0.3) is 10.0 Å². The largest absolute Gasteiger partial charge is 0.495 e. The van der Waals surface area contributed by atoms with Crippen LogP contribution in [-0.4, -0.2) is 21.4 Å². The first-order valence-corrected chi connectivity index (χ1v) is 8.42. The summed E-state index contributed by atoms with van der Waals surface area (Å²) < 4.78 is 32.2. The number of carbonyl (C=O) groups is 1. The van der Waals surface area contributed by atoms with E-state index in [1.165, 1.54) is 32.2 Å². The van der Waals surface area contributed by atoms with E-state index in [1.807, 2.05) is 0 Å². The molecule has 0 saturated carbocycles. The molecule has 0 aliphatic carbocycles. The number of carbonyl (C=O) groups excluding carboxylic acids is 1. The van der Waals surface area contributed by atoms with Gasteiger partial charge in [-0.05, 0) is 36.4 Å². The predicted octanol–water partition coefficient (Wildman–Crippen LogP) is 3.11. The van der Waals surface area contributed by atoms with E-state index in [0.29, 0.717) is 16.4 Å². The molecule has 1 amide bonds. The van der Waals surface area contributed by atoms with Crippen LogP contribution in [0.3, 0.4) is 0 Å². The summed E-state index contributed by atoms with van der Waals surface area (Å²) in [5.41, 5.74) is 0.946. The van der Waals surface area contributed by atoms with Crippen molar-refractivity contribution in [3.8, 4) is 5.75 Å². The number of hydrogen-bond acceptors (Lipinski definition) is 4. The predicted molar refractivity (Wildman–Crippen MR) is 89.6 cm³/mol. The quantitative estimate of drug-likeness (QED) is 0.864. The van der Waals surface area contributed by atoms with Gasteiger partial charge in [0.1, 0.15) is 5.75 Å². The van der Waals surface area contributed by atoms with Gasteiger partial charge in [-0.2, -0.15) is 0 Å². The fourth-order valence-corrected chi connectivity index (χ4v) is 3.11. The van der Waals surface area contributed by atoms with E-state index in [1.54, 1.807) is 24.3 Å². The SMILES string of the molecule is COc1cc(S(=O)(=O)Nc2ccc(NC(C)=O)cc2)ccc1Cl. The van der Waals surface area contributed by atoms with Crippen LogP contribution >= 0.6 is 11.6 Å². The standard InChI is InChI=1S/C15H15ClN2O4S/c1-10(19)17-11-3-5-12(6-4-11)18-23(20,21)13-7-8-14(16)15(9-13)22-2/h3-9,18H,1-2H3,(H,17,19). The third-order valence-corrected chi connectivity index (χ3v) is 4.58. The summed E-state index contributed by atoms with van der Waals surface area (Å²) in [7, 11) is -2.37. The Labute approximate surface area is 139 Å². The van der Waals surface area contributed by atoms with Gasteiger partial charge in [0.05, 0.1) is 17.0 Å². The molecule has 6 nitrogen and oxygen atoms in total. The highest BCUT2D eigenvalue weighted by Crippen LogP contribution is 2.28. The maximum absolute atomic E-state index is 12.4. The number of nitrogens with one attached hydrogen (secondary N) is 2. The first kappa shape index (κ1) is 17.1. The third-order valence-electron chi connectivity index (χ3n) is 2.89. The maximum atomic E-state index is 12.4. The van der Waals surface area contributed by atoms with E-state index in [4.69, 9.17) is 16.3 Å². The highest BCUT2D eigenvalue weighted by molar-refractivity contribution is 7.92. The van der Waals surface area contributed by atoms with Crippen molar-refractivity contribution in [3.63, 3.8) is 0 Å². The average Bonchev–Trinajstić information content (AvgIpc) is 2.48. The molecule has 2 rings (SSSR count). The Hall–Kier alpha value is -2.25. The molecular weight excluding hydrogens is 340 g/mol. The first-order chi connectivity index (χ1) is 10.8. The molecule has 2 aromatic carbocycles. The van der Waals surface area contributed by atoms with Crippen LogP contribution in [-0.2, 0) is 14.8 Å². The molecule has 0 fully saturated rings. The van der Waals surface area contributed by atoms with Crippen LogP contribution in [0.15, 0.2) is 47.4 Å². The summed E-state index contributed by atoms with van der Waals surface area (Å²) in [6.45, 7) is 1.39. The first-order valence-electron chi connectivity index (χ1n) is 6.56. The van der Waals surface area contributed by atoms with Gasteiger partial charge in [-0.15, -0.1) is 0 Å². The van der Waals surface area contributed by atoms with E-state index in [2.05, 4.69) is 10.0 Å². The van der Waals surface area contributed by atoms with Crippen molar-refractivity contribution in [2.45, 2.75) is 11.8 Å². The normalized spacial score (nSPS) is 10.9. The number of rotatable bonds is 5. The number of sulfonamides is 1. The molecule has 0 aliphatic rings. The molecule has 23 heavy (non-hydrogen) atoms. The average molecular weight is 355 g/mol. The molecule has 2 N–H and O–H groups in total. The van der Waals surface area contributed by atoms with E-state index in [9.17, 15) is 13.2 Å². The van der Waals surface area contributed by atoms with E-state index < -0.39 is 10.0 Å². The fourth-order valence-electron chi connectivity index (χ4n) is 1.85. The van der Waals surface area contributed by atoms with Crippen LogP contribution in [0.5, 0.6) is 5.75 Å². The van der Waals surface area contributed by atoms with Crippen LogP contribution in [0.2, 0.25) is 5.02 Å². The molecule has 0 bridgehead atoms. The lowest BCUT2D eigenvalue weighted by Gasteiger charge is -2.11. The molecular formula is C15H15ClN2O4S. The summed E-state index contributed by atoms with van der Waals surface area (Å²) in [5.74, 6) is 0.0714. The van der Waals surface area contributed by atoms with E-state index in [0.717, 1.165) is 0 Å². The molecule has 2 aromatic rings. The van der Waals surface area contributed by atoms with Gasteiger partial charge in [0.15, 0.2) is 0 Å². The molecule has 0 aromatic heterocycles. The highest BCUT2D eigenvalue weighted by Gasteiger charge is 2.16. The number of benzene rings is 2. The Morgan fingerprint density at radius 3 is 2.26 bits per heavy atom. The molecule has 8 heteroatoms. The van der Waals surface area contributed by atoms with Crippen molar-refractivity contribution in [2.24, 2.45) is 0 Å². The number of ether oxygens (including phenoxy) is 1. The number of halogens is 1. The van der Waals surface area contributed by atoms with Crippen molar-refractivity contribution in [1.82, 2.24) is 0 Å². The Bertz CT molecular complexity index is 820. The highest BCUT2D eigenvalue weighted by atomic mass is 35.5. The Morgan fingerprint density at radius 1 is 1.09 bits per heavy atom. The van der Waals surface area contributed by atoms with Gasteiger partial charge in [0.2, 0.25) is 5.91 Å². The van der Waals surface area contributed by atoms with Crippen LogP contribution < -0.4 is 14.8 Å². The van der Waals surface area contributed by atoms with Crippen LogP contribution in [0, 0.1) is 0 Å². The molecule has 0 aliphatic heterocycles. The van der Waals surface area contributed by atoms with Gasteiger partial charge < -0.3 is 10.1 Å². The summed E-state index contributed by atoms with van der Waals surface area (Å²) in [6.07, 6.45) is 0. The number of anilines is 2. The molecule has 0 atom stereocenters. The molecule has 122 valence electrons. The summed E-state index contributed by atoms with van der Waals surface area (Å²) in [4.78, 5) is 11.0.